The number of hydrogen-bond donors (Lipinski definition) is 1. The fraction of sp³-hybridized carbons (Fsp3) is 0.636. The summed E-state index contributed by atoms with van der Waals surface area (Å²) in [5, 5.41) is 0. The van der Waals surface area contributed by atoms with Gasteiger partial charge in [-0.25, -0.2) is 4.98 Å². The van der Waals surface area contributed by atoms with Crippen LogP contribution in [0, 0.1) is 5.92 Å². The molecule has 2 unspecified atom stereocenters. The number of hydrogen-bond acceptors (Lipinski definition) is 2. The fourth-order valence-corrected chi connectivity index (χ4v) is 2.29. The monoisotopic (exact) mass is 192 g/mol. The first kappa shape index (κ1) is 9.44. The van der Waals surface area contributed by atoms with Crippen LogP contribution < -0.4 is 5.56 Å². The van der Waals surface area contributed by atoms with E-state index in [1.807, 2.05) is 0 Å². The van der Waals surface area contributed by atoms with E-state index >= 15 is 0 Å². The molecule has 1 aromatic rings. The number of aromatic amines is 1. The van der Waals surface area contributed by atoms with Crippen LogP contribution in [-0.4, -0.2) is 9.97 Å². The van der Waals surface area contributed by atoms with Crippen molar-refractivity contribution in [1.82, 2.24) is 9.97 Å². The van der Waals surface area contributed by atoms with Crippen molar-refractivity contribution in [1.29, 1.82) is 0 Å². The molecule has 0 bridgehead atoms. The molecule has 14 heavy (non-hydrogen) atoms. The minimum atomic E-state index is -0.0325. The third-order valence-electron chi connectivity index (χ3n) is 3.20. The molecular formula is C11H16N2O. The van der Waals surface area contributed by atoms with Gasteiger partial charge in [0.05, 0.1) is 0 Å². The van der Waals surface area contributed by atoms with Gasteiger partial charge in [-0.1, -0.05) is 13.3 Å². The van der Waals surface area contributed by atoms with E-state index in [-0.39, 0.29) is 5.56 Å². The molecule has 3 nitrogen and oxygen atoms in total. The van der Waals surface area contributed by atoms with Crippen LogP contribution in [0.3, 0.4) is 0 Å². The molecule has 76 valence electrons. The van der Waals surface area contributed by atoms with E-state index in [1.165, 1.54) is 31.7 Å². The van der Waals surface area contributed by atoms with E-state index in [4.69, 9.17) is 0 Å². The van der Waals surface area contributed by atoms with E-state index in [9.17, 15) is 4.79 Å². The largest absolute Gasteiger partial charge is 0.310 e. The van der Waals surface area contributed by atoms with E-state index in [0.29, 0.717) is 5.92 Å². The molecule has 1 heterocycles. The molecule has 0 aromatic carbocycles. The Morgan fingerprint density at radius 1 is 1.57 bits per heavy atom. The zero-order valence-corrected chi connectivity index (χ0v) is 8.49. The molecule has 2 rings (SSSR count). The second kappa shape index (κ2) is 3.95. The van der Waals surface area contributed by atoms with Crippen molar-refractivity contribution in [2.75, 3.05) is 0 Å². The summed E-state index contributed by atoms with van der Waals surface area (Å²) >= 11 is 0. The minimum absolute atomic E-state index is 0.0325. The summed E-state index contributed by atoms with van der Waals surface area (Å²) in [6, 6.07) is 1.47. The molecule has 3 heteroatoms. The van der Waals surface area contributed by atoms with Crippen molar-refractivity contribution in [2.24, 2.45) is 5.92 Å². The van der Waals surface area contributed by atoms with Crippen LogP contribution >= 0.6 is 0 Å². The van der Waals surface area contributed by atoms with Gasteiger partial charge in [0.25, 0.3) is 5.56 Å². The Labute approximate surface area is 83.6 Å². The van der Waals surface area contributed by atoms with Crippen molar-refractivity contribution in [2.45, 2.75) is 38.5 Å². The summed E-state index contributed by atoms with van der Waals surface area (Å²) in [5.41, 5.74) is -0.0325. The third-order valence-corrected chi connectivity index (χ3v) is 3.20. The summed E-state index contributed by atoms with van der Waals surface area (Å²) in [6.07, 6.45) is 6.48. The van der Waals surface area contributed by atoms with Crippen LogP contribution in [0.15, 0.2) is 17.1 Å². The van der Waals surface area contributed by atoms with Crippen LogP contribution in [0.25, 0.3) is 0 Å². The lowest BCUT2D eigenvalue weighted by atomic mass is 10.0. The van der Waals surface area contributed by atoms with Gasteiger partial charge in [0, 0.05) is 18.2 Å². The molecule has 0 aliphatic heterocycles. The number of nitrogens with zero attached hydrogens (tertiary/aromatic N) is 1. The number of rotatable bonds is 2. The standard InChI is InChI=1S/C11H16N2O/c1-2-8-3-4-9(7-8)11-12-6-5-10(14)13-11/h5-6,8-9H,2-4,7H2,1H3,(H,12,13,14). The molecule has 0 radical (unpaired) electrons. The van der Waals surface area contributed by atoms with Gasteiger partial charge in [-0.05, 0) is 25.2 Å². The van der Waals surface area contributed by atoms with Gasteiger partial charge in [0.1, 0.15) is 5.82 Å². The van der Waals surface area contributed by atoms with Gasteiger partial charge in [-0.15, -0.1) is 0 Å². The molecule has 0 amide bonds. The first-order chi connectivity index (χ1) is 6.79. The minimum Gasteiger partial charge on any atom is -0.310 e. The zero-order chi connectivity index (χ0) is 9.97. The van der Waals surface area contributed by atoms with Crippen molar-refractivity contribution in [3.63, 3.8) is 0 Å². The maximum atomic E-state index is 11.1. The normalized spacial score (nSPS) is 26.6. The number of H-pyrrole nitrogens is 1. The summed E-state index contributed by atoms with van der Waals surface area (Å²) in [4.78, 5) is 18.2. The molecule has 2 atom stereocenters. The molecule has 1 aliphatic rings. The second-order valence-corrected chi connectivity index (χ2v) is 4.10. The van der Waals surface area contributed by atoms with Crippen molar-refractivity contribution < 1.29 is 0 Å². The van der Waals surface area contributed by atoms with Gasteiger partial charge in [0.2, 0.25) is 0 Å². The van der Waals surface area contributed by atoms with Crippen LogP contribution in [0.5, 0.6) is 0 Å². The Morgan fingerprint density at radius 3 is 3.07 bits per heavy atom. The van der Waals surface area contributed by atoms with Crippen molar-refractivity contribution >= 4 is 0 Å². The molecule has 0 spiro atoms. The Hall–Kier alpha value is -1.12. The molecule has 1 aromatic heterocycles. The second-order valence-electron chi connectivity index (χ2n) is 4.10. The highest BCUT2D eigenvalue weighted by Gasteiger charge is 2.25. The Balaban J connectivity index is 2.13. The third kappa shape index (κ3) is 1.86. The highest BCUT2D eigenvalue weighted by molar-refractivity contribution is 5.00. The molecule has 1 fully saturated rings. The maximum Gasteiger partial charge on any atom is 0.250 e. The van der Waals surface area contributed by atoms with E-state index in [1.54, 1.807) is 6.20 Å². The molecule has 1 aliphatic carbocycles. The van der Waals surface area contributed by atoms with Crippen molar-refractivity contribution in [3.05, 3.63) is 28.4 Å². The topological polar surface area (TPSA) is 45.8 Å². The summed E-state index contributed by atoms with van der Waals surface area (Å²) < 4.78 is 0. The average Bonchev–Trinajstić information content (AvgIpc) is 2.66. The SMILES string of the molecule is CCC1CCC(c2nccc(=O)[nH]2)C1. The lowest BCUT2D eigenvalue weighted by Crippen LogP contribution is -2.11. The predicted molar refractivity (Wildman–Crippen MR) is 55.2 cm³/mol. The molecule has 1 N–H and O–H groups in total. The Bertz CT molecular complexity index is 358. The lowest BCUT2D eigenvalue weighted by Gasteiger charge is -2.08. The van der Waals surface area contributed by atoms with Gasteiger partial charge < -0.3 is 4.98 Å². The van der Waals surface area contributed by atoms with Gasteiger partial charge in [0.15, 0.2) is 0 Å². The van der Waals surface area contributed by atoms with Crippen LogP contribution in [-0.2, 0) is 0 Å². The fourth-order valence-electron chi connectivity index (χ4n) is 2.29. The zero-order valence-electron chi connectivity index (χ0n) is 8.49. The van der Waals surface area contributed by atoms with Crippen LogP contribution in [0.4, 0.5) is 0 Å². The quantitative estimate of drug-likeness (QED) is 0.779. The van der Waals surface area contributed by atoms with Gasteiger partial charge in [-0.3, -0.25) is 4.79 Å². The molecular weight excluding hydrogens is 176 g/mol. The van der Waals surface area contributed by atoms with Crippen LogP contribution in [0.1, 0.15) is 44.3 Å². The summed E-state index contributed by atoms with van der Waals surface area (Å²) in [5.74, 6) is 2.19. The first-order valence-corrected chi connectivity index (χ1v) is 5.34. The number of aromatic nitrogens is 2. The van der Waals surface area contributed by atoms with E-state index in [2.05, 4.69) is 16.9 Å². The Kier molecular flexibility index (Phi) is 2.66. The molecule has 0 saturated heterocycles. The smallest absolute Gasteiger partial charge is 0.250 e. The van der Waals surface area contributed by atoms with E-state index in [0.717, 1.165) is 11.7 Å². The summed E-state index contributed by atoms with van der Waals surface area (Å²) in [7, 11) is 0. The lowest BCUT2D eigenvalue weighted by molar-refractivity contribution is 0.516. The highest BCUT2D eigenvalue weighted by Crippen LogP contribution is 2.37. The first-order valence-electron chi connectivity index (χ1n) is 5.34. The predicted octanol–water partition coefficient (Wildman–Crippen LogP) is 2.06. The molecule has 1 saturated carbocycles. The van der Waals surface area contributed by atoms with Crippen molar-refractivity contribution in [3.8, 4) is 0 Å². The highest BCUT2D eigenvalue weighted by atomic mass is 16.1. The summed E-state index contributed by atoms with van der Waals surface area (Å²) in [6.45, 7) is 2.23. The van der Waals surface area contributed by atoms with Crippen LogP contribution in [0.2, 0.25) is 0 Å². The average molecular weight is 192 g/mol. The van der Waals surface area contributed by atoms with E-state index < -0.39 is 0 Å². The Morgan fingerprint density at radius 2 is 2.43 bits per heavy atom. The number of nitrogens with one attached hydrogen (secondary N) is 1. The van der Waals surface area contributed by atoms with Gasteiger partial charge in [-0.2, -0.15) is 0 Å². The maximum absolute atomic E-state index is 11.1. The van der Waals surface area contributed by atoms with Gasteiger partial charge >= 0.3 is 0 Å².